The smallest absolute Gasteiger partial charge is 0.0934 e. The van der Waals surface area contributed by atoms with E-state index in [1.54, 1.807) is 11.3 Å². The number of nitrogens with zero attached hydrogens (tertiary/aromatic N) is 2. The second-order valence-corrected chi connectivity index (χ2v) is 7.02. The number of hydrogen-bond acceptors (Lipinski definition) is 2. The first-order valence-electron chi connectivity index (χ1n) is 8.56. The van der Waals surface area contributed by atoms with Crippen LogP contribution in [0.15, 0.2) is 95.7 Å². The van der Waals surface area contributed by atoms with E-state index in [0.717, 1.165) is 22.6 Å². The molecule has 0 aliphatic rings. The molecule has 26 heavy (non-hydrogen) atoms. The fraction of sp³-hybridized carbons (Fsp3) is 0. The molecule has 0 spiro atoms. The van der Waals surface area contributed by atoms with Crippen molar-refractivity contribution in [2.24, 2.45) is 0 Å². The van der Waals surface area contributed by atoms with Gasteiger partial charge in [-0.15, -0.1) is 0 Å². The van der Waals surface area contributed by atoms with Crippen LogP contribution in [0.2, 0.25) is 0 Å². The van der Waals surface area contributed by atoms with E-state index < -0.39 is 0 Å². The molecule has 5 aromatic rings. The van der Waals surface area contributed by atoms with Gasteiger partial charge in [0, 0.05) is 16.5 Å². The normalized spacial score (nSPS) is 11.1. The first-order valence-corrected chi connectivity index (χ1v) is 9.50. The highest BCUT2D eigenvalue weighted by Crippen LogP contribution is 2.31. The van der Waals surface area contributed by atoms with Crippen molar-refractivity contribution in [3.63, 3.8) is 0 Å². The van der Waals surface area contributed by atoms with Gasteiger partial charge in [-0.3, -0.25) is 0 Å². The number of rotatable bonds is 3. The minimum Gasteiger partial charge on any atom is -0.232 e. The summed E-state index contributed by atoms with van der Waals surface area (Å²) in [6, 6.07) is 29.6. The Kier molecular flexibility index (Phi) is 3.65. The van der Waals surface area contributed by atoms with Gasteiger partial charge in [0.1, 0.15) is 0 Å². The summed E-state index contributed by atoms with van der Waals surface area (Å²) in [6.07, 6.45) is 0. The van der Waals surface area contributed by atoms with Crippen LogP contribution in [0.5, 0.6) is 0 Å². The van der Waals surface area contributed by atoms with E-state index in [1.807, 2.05) is 22.9 Å². The van der Waals surface area contributed by atoms with Gasteiger partial charge in [-0.2, -0.15) is 16.4 Å². The van der Waals surface area contributed by atoms with Crippen LogP contribution >= 0.6 is 11.3 Å². The van der Waals surface area contributed by atoms with Crippen molar-refractivity contribution in [2.45, 2.75) is 0 Å². The standard InChI is InChI=1S/C23H16N2S/c1-2-8-21(9-3-1)25-23(20-12-13-26-16-20)15-22(24-25)19-11-10-17-6-4-5-7-18(17)14-19/h1-16H. The zero-order chi connectivity index (χ0) is 17.3. The van der Waals surface area contributed by atoms with Crippen molar-refractivity contribution in [2.75, 3.05) is 0 Å². The summed E-state index contributed by atoms with van der Waals surface area (Å²) < 4.78 is 2.03. The topological polar surface area (TPSA) is 17.8 Å². The predicted molar refractivity (Wildman–Crippen MR) is 110 cm³/mol. The molecule has 0 radical (unpaired) electrons. The molecule has 2 nitrogen and oxygen atoms in total. The van der Waals surface area contributed by atoms with Gasteiger partial charge in [0.2, 0.25) is 0 Å². The predicted octanol–water partition coefficient (Wildman–Crippen LogP) is 6.42. The van der Waals surface area contributed by atoms with E-state index >= 15 is 0 Å². The Morgan fingerprint density at radius 2 is 1.50 bits per heavy atom. The number of aromatic nitrogens is 2. The van der Waals surface area contributed by atoms with Crippen LogP contribution < -0.4 is 0 Å². The molecule has 0 aliphatic carbocycles. The Morgan fingerprint density at radius 3 is 2.31 bits per heavy atom. The van der Waals surface area contributed by atoms with Gasteiger partial charge in [0.25, 0.3) is 0 Å². The van der Waals surface area contributed by atoms with Crippen molar-refractivity contribution in [1.82, 2.24) is 9.78 Å². The lowest BCUT2D eigenvalue weighted by Crippen LogP contribution is -1.98. The van der Waals surface area contributed by atoms with Gasteiger partial charge in [0.05, 0.1) is 17.1 Å². The van der Waals surface area contributed by atoms with Crippen molar-refractivity contribution >= 4 is 22.1 Å². The van der Waals surface area contributed by atoms with Crippen molar-refractivity contribution in [3.05, 3.63) is 95.7 Å². The van der Waals surface area contributed by atoms with Crippen LogP contribution in [-0.2, 0) is 0 Å². The molecule has 5 rings (SSSR count). The molecule has 0 saturated heterocycles. The lowest BCUT2D eigenvalue weighted by Gasteiger charge is -2.05. The Balaban J connectivity index is 1.70. The first-order chi connectivity index (χ1) is 12.9. The maximum absolute atomic E-state index is 4.93. The van der Waals surface area contributed by atoms with Gasteiger partial charge in [-0.25, -0.2) is 4.68 Å². The van der Waals surface area contributed by atoms with E-state index in [0.29, 0.717) is 0 Å². The van der Waals surface area contributed by atoms with Crippen LogP contribution in [0, 0.1) is 0 Å². The quantitative estimate of drug-likeness (QED) is 0.366. The SMILES string of the molecule is c1ccc(-n2nc(-c3ccc4ccccc4c3)cc2-c2ccsc2)cc1. The molecule has 124 valence electrons. The molecule has 0 N–H and O–H groups in total. The summed E-state index contributed by atoms with van der Waals surface area (Å²) in [7, 11) is 0. The number of thiophene rings is 1. The lowest BCUT2D eigenvalue weighted by molar-refractivity contribution is 0.892. The molecule has 0 atom stereocenters. The van der Waals surface area contributed by atoms with Crippen molar-refractivity contribution in [3.8, 4) is 28.2 Å². The van der Waals surface area contributed by atoms with E-state index in [4.69, 9.17) is 5.10 Å². The number of para-hydroxylation sites is 1. The summed E-state index contributed by atoms with van der Waals surface area (Å²) >= 11 is 1.70. The van der Waals surface area contributed by atoms with Crippen LogP contribution in [0.25, 0.3) is 39.0 Å². The molecule has 0 bridgehead atoms. The minimum atomic E-state index is 0.987. The van der Waals surface area contributed by atoms with E-state index in [2.05, 4.69) is 77.5 Å². The number of fused-ring (bicyclic) bond motifs is 1. The fourth-order valence-electron chi connectivity index (χ4n) is 3.25. The molecule has 0 saturated carbocycles. The average molecular weight is 352 g/mol. The minimum absolute atomic E-state index is 0.987. The van der Waals surface area contributed by atoms with Crippen LogP contribution in [0.3, 0.4) is 0 Å². The Labute approximate surface area is 156 Å². The zero-order valence-corrected chi connectivity index (χ0v) is 14.9. The summed E-state index contributed by atoms with van der Waals surface area (Å²) in [4.78, 5) is 0. The zero-order valence-electron chi connectivity index (χ0n) is 14.0. The largest absolute Gasteiger partial charge is 0.232 e. The molecule has 0 amide bonds. The summed E-state index contributed by atoms with van der Waals surface area (Å²) in [5.74, 6) is 0. The molecular formula is C23H16N2S. The average Bonchev–Trinajstić information content (AvgIpc) is 3.38. The van der Waals surface area contributed by atoms with E-state index in [1.165, 1.54) is 16.3 Å². The van der Waals surface area contributed by atoms with Gasteiger partial charge >= 0.3 is 0 Å². The third-order valence-electron chi connectivity index (χ3n) is 4.57. The van der Waals surface area contributed by atoms with Gasteiger partial charge < -0.3 is 0 Å². The monoisotopic (exact) mass is 352 g/mol. The maximum atomic E-state index is 4.93. The van der Waals surface area contributed by atoms with Gasteiger partial charge in [-0.05, 0) is 46.5 Å². The van der Waals surface area contributed by atoms with E-state index in [-0.39, 0.29) is 0 Å². The van der Waals surface area contributed by atoms with Crippen LogP contribution in [0.1, 0.15) is 0 Å². The van der Waals surface area contributed by atoms with Crippen molar-refractivity contribution < 1.29 is 0 Å². The molecule has 0 aliphatic heterocycles. The highest BCUT2D eigenvalue weighted by molar-refractivity contribution is 7.08. The number of hydrogen-bond donors (Lipinski definition) is 0. The maximum Gasteiger partial charge on any atom is 0.0934 e. The van der Waals surface area contributed by atoms with Crippen LogP contribution in [0.4, 0.5) is 0 Å². The highest BCUT2D eigenvalue weighted by Gasteiger charge is 2.13. The third-order valence-corrected chi connectivity index (χ3v) is 5.26. The summed E-state index contributed by atoms with van der Waals surface area (Å²) in [5.41, 5.74) is 5.50. The molecule has 2 aromatic heterocycles. The first kappa shape index (κ1) is 15.1. The molecule has 0 fully saturated rings. The summed E-state index contributed by atoms with van der Waals surface area (Å²) in [6.45, 7) is 0. The lowest BCUT2D eigenvalue weighted by atomic mass is 10.0. The van der Waals surface area contributed by atoms with Crippen LogP contribution in [-0.4, -0.2) is 9.78 Å². The van der Waals surface area contributed by atoms with Gasteiger partial charge in [-0.1, -0.05) is 54.6 Å². The Morgan fingerprint density at radius 1 is 0.692 bits per heavy atom. The molecule has 3 heteroatoms. The second kappa shape index (κ2) is 6.28. The Bertz CT molecular complexity index is 1170. The fourth-order valence-corrected chi connectivity index (χ4v) is 3.90. The molecule has 2 heterocycles. The molecular weight excluding hydrogens is 336 g/mol. The Hall–Kier alpha value is -3.17. The summed E-state index contributed by atoms with van der Waals surface area (Å²) in [5, 5.41) is 11.7. The third kappa shape index (κ3) is 2.63. The highest BCUT2D eigenvalue weighted by atomic mass is 32.1. The van der Waals surface area contributed by atoms with Gasteiger partial charge in [0.15, 0.2) is 0 Å². The number of benzene rings is 3. The van der Waals surface area contributed by atoms with E-state index in [9.17, 15) is 0 Å². The molecule has 3 aromatic carbocycles. The van der Waals surface area contributed by atoms with Crippen molar-refractivity contribution in [1.29, 1.82) is 0 Å². The second-order valence-electron chi connectivity index (χ2n) is 6.24. The molecule has 0 unspecified atom stereocenters.